The van der Waals surface area contributed by atoms with Gasteiger partial charge in [0.05, 0.1) is 5.69 Å². The number of aliphatic hydroxyl groups excluding tert-OH is 1. The number of imidazole rings is 1. The molecule has 3 nitrogen and oxygen atoms in total. The van der Waals surface area contributed by atoms with Crippen molar-refractivity contribution in [3.05, 3.63) is 125 Å². The maximum Gasteiger partial charge on any atom is 0.122 e. The molecule has 31 heavy (non-hydrogen) atoms. The number of benzene rings is 3. The molecular weight excluding hydrogens is 380 g/mol. The highest BCUT2D eigenvalue weighted by Crippen LogP contribution is 2.42. The third-order valence-electron chi connectivity index (χ3n) is 5.63. The summed E-state index contributed by atoms with van der Waals surface area (Å²) in [4.78, 5) is 4.85. The van der Waals surface area contributed by atoms with Gasteiger partial charge >= 0.3 is 0 Å². The van der Waals surface area contributed by atoms with Gasteiger partial charge in [0.25, 0.3) is 0 Å². The molecule has 3 aromatic carbocycles. The molecule has 4 aromatic rings. The fourth-order valence-corrected chi connectivity index (χ4v) is 4.46. The van der Waals surface area contributed by atoms with Gasteiger partial charge in [-0.25, -0.2) is 4.98 Å². The summed E-state index contributed by atoms with van der Waals surface area (Å²) in [6, 6.07) is 31.8. The summed E-state index contributed by atoms with van der Waals surface area (Å²) in [5.74, 6) is 0.933. The van der Waals surface area contributed by atoms with Gasteiger partial charge in [-0.1, -0.05) is 105 Å². The highest BCUT2D eigenvalue weighted by Gasteiger charge is 2.40. The van der Waals surface area contributed by atoms with E-state index in [9.17, 15) is 5.11 Å². The number of rotatable bonds is 6. The lowest BCUT2D eigenvalue weighted by atomic mass is 9.76. The fraction of sp³-hybridized carbons (Fsp3) is 0.250. The molecule has 0 spiro atoms. The molecule has 0 aliphatic heterocycles. The van der Waals surface area contributed by atoms with E-state index in [1.165, 1.54) is 16.7 Å². The Balaban J connectivity index is 0.00000132. The van der Waals surface area contributed by atoms with Crippen molar-refractivity contribution in [1.82, 2.24) is 9.55 Å². The van der Waals surface area contributed by atoms with E-state index in [4.69, 9.17) is 4.98 Å². The first-order chi connectivity index (χ1) is 15.2. The summed E-state index contributed by atoms with van der Waals surface area (Å²) >= 11 is 0. The van der Waals surface area contributed by atoms with Crippen LogP contribution in [0.3, 0.4) is 0 Å². The topological polar surface area (TPSA) is 38.1 Å². The zero-order chi connectivity index (χ0) is 22.3. The molecule has 0 atom stereocenters. The molecule has 1 aromatic heterocycles. The molecule has 0 saturated heterocycles. The number of nitrogens with zero attached hydrogens (tertiary/aromatic N) is 2. The monoisotopic (exact) mass is 412 g/mol. The van der Waals surface area contributed by atoms with E-state index < -0.39 is 5.54 Å². The molecular formula is C28H32N2O. The van der Waals surface area contributed by atoms with Crippen LogP contribution in [0.4, 0.5) is 0 Å². The van der Waals surface area contributed by atoms with Gasteiger partial charge in [-0.3, -0.25) is 0 Å². The Hall–Kier alpha value is -3.17. The zero-order valence-electron chi connectivity index (χ0n) is 18.9. The third kappa shape index (κ3) is 4.06. The summed E-state index contributed by atoms with van der Waals surface area (Å²) in [6.45, 7) is 8.25. The van der Waals surface area contributed by atoms with Crippen molar-refractivity contribution in [1.29, 1.82) is 0 Å². The van der Waals surface area contributed by atoms with Gasteiger partial charge < -0.3 is 9.67 Å². The summed E-state index contributed by atoms with van der Waals surface area (Å²) < 4.78 is 2.33. The second kappa shape index (κ2) is 10.2. The van der Waals surface area contributed by atoms with E-state index in [1.54, 1.807) is 0 Å². The van der Waals surface area contributed by atoms with Crippen LogP contribution >= 0.6 is 0 Å². The Morgan fingerprint density at radius 3 is 1.45 bits per heavy atom. The van der Waals surface area contributed by atoms with Crippen molar-refractivity contribution in [3.63, 3.8) is 0 Å². The van der Waals surface area contributed by atoms with Crippen LogP contribution in [-0.4, -0.2) is 21.3 Å². The van der Waals surface area contributed by atoms with Crippen LogP contribution in [0.5, 0.6) is 0 Å². The first-order valence-corrected chi connectivity index (χ1v) is 11.0. The summed E-state index contributed by atoms with van der Waals surface area (Å²) in [5.41, 5.74) is 4.99. The number of hydrogen-bond acceptors (Lipinski definition) is 2. The minimum atomic E-state index is -0.557. The molecule has 1 N–H and O–H groups in total. The van der Waals surface area contributed by atoms with Gasteiger partial charge in [-0.2, -0.15) is 0 Å². The second-order valence-electron chi connectivity index (χ2n) is 7.31. The number of aromatic nitrogens is 2. The maximum atomic E-state index is 9.55. The first kappa shape index (κ1) is 22.5. The molecule has 0 fully saturated rings. The lowest BCUT2D eigenvalue weighted by Gasteiger charge is -2.39. The van der Waals surface area contributed by atoms with Crippen LogP contribution < -0.4 is 0 Å². The van der Waals surface area contributed by atoms with Crippen LogP contribution in [0, 0.1) is 13.8 Å². The van der Waals surface area contributed by atoms with Gasteiger partial charge in [0.2, 0.25) is 0 Å². The molecule has 0 aliphatic rings. The fourth-order valence-electron chi connectivity index (χ4n) is 4.46. The Bertz CT molecular complexity index is 974. The standard InChI is InChI=1S/C26H26N2O.C2H6/c1-20-25(18-19-29)27-21(2)28(20)26(22-12-6-3-7-13-22,23-14-8-4-9-15-23)24-16-10-5-11-17-24;1-2/h3-17,29H,18-19H2,1-2H3;1-2H3. The third-order valence-corrected chi connectivity index (χ3v) is 5.63. The lowest BCUT2D eigenvalue weighted by Crippen LogP contribution is -2.39. The molecule has 0 bridgehead atoms. The summed E-state index contributed by atoms with van der Waals surface area (Å²) in [7, 11) is 0. The molecule has 0 saturated carbocycles. The second-order valence-corrected chi connectivity index (χ2v) is 7.31. The smallest absolute Gasteiger partial charge is 0.122 e. The van der Waals surface area contributed by atoms with Gasteiger partial charge in [0, 0.05) is 18.7 Å². The van der Waals surface area contributed by atoms with Crippen molar-refractivity contribution in [3.8, 4) is 0 Å². The van der Waals surface area contributed by atoms with Gasteiger partial charge in [0.15, 0.2) is 0 Å². The van der Waals surface area contributed by atoms with Crippen LogP contribution in [0.25, 0.3) is 0 Å². The quantitative estimate of drug-likeness (QED) is 0.400. The van der Waals surface area contributed by atoms with Crippen molar-refractivity contribution in [2.75, 3.05) is 6.61 Å². The van der Waals surface area contributed by atoms with Gasteiger partial charge in [-0.15, -0.1) is 0 Å². The molecule has 1 heterocycles. The maximum absolute atomic E-state index is 9.55. The average molecular weight is 413 g/mol. The number of aliphatic hydroxyl groups is 1. The molecule has 4 rings (SSSR count). The minimum Gasteiger partial charge on any atom is -0.396 e. The zero-order valence-corrected chi connectivity index (χ0v) is 18.9. The van der Waals surface area contributed by atoms with Crippen LogP contribution in [0.15, 0.2) is 91.0 Å². The summed E-state index contributed by atoms with van der Waals surface area (Å²) in [6.07, 6.45) is 0.550. The molecule has 0 aliphatic carbocycles. The minimum absolute atomic E-state index is 0.0896. The Morgan fingerprint density at radius 2 is 1.10 bits per heavy atom. The van der Waals surface area contributed by atoms with E-state index in [0.29, 0.717) is 6.42 Å². The van der Waals surface area contributed by atoms with Crippen LogP contribution in [-0.2, 0) is 12.0 Å². The molecule has 160 valence electrons. The van der Waals surface area contributed by atoms with Crippen molar-refractivity contribution in [2.45, 2.75) is 39.7 Å². The van der Waals surface area contributed by atoms with E-state index in [0.717, 1.165) is 17.2 Å². The highest BCUT2D eigenvalue weighted by atomic mass is 16.3. The SMILES string of the molecule is CC.Cc1nc(CCO)c(C)n1C(c1ccccc1)(c1ccccc1)c1ccccc1. The average Bonchev–Trinajstić information content (AvgIpc) is 3.12. The molecule has 3 heteroatoms. The van der Waals surface area contributed by atoms with Crippen LogP contribution in [0.2, 0.25) is 0 Å². The van der Waals surface area contributed by atoms with Gasteiger partial charge in [-0.05, 0) is 30.5 Å². The van der Waals surface area contributed by atoms with E-state index in [-0.39, 0.29) is 6.61 Å². The Kier molecular flexibility index (Phi) is 7.43. The molecule has 0 radical (unpaired) electrons. The normalized spacial score (nSPS) is 11.0. The lowest BCUT2D eigenvalue weighted by molar-refractivity contribution is 0.298. The van der Waals surface area contributed by atoms with Gasteiger partial charge in [0.1, 0.15) is 11.4 Å². The first-order valence-electron chi connectivity index (χ1n) is 11.0. The molecule has 0 unspecified atom stereocenters. The number of hydrogen-bond donors (Lipinski definition) is 1. The van der Waals surface area contributed by atoms with E-state index in [2.05, 4.69) is 109 Å². The highest BCUT2D eigenvalue weighted by molar-refractivity contribution is 5.52. The van der Waals surface area contributed by atoms with Crippen molar-refractivity contribution >= 4 is 0 Å². The predicted molar refractivity (Wildman–Crippen MR) is 128 cm³/mol. The molecule has 0 amide bonds. The summed E-state index contributed by atoms with van der Waals surface area (Å²) in [5, 5.41) is 9.55. The van der Waals surface area contributed by atoms with Crippen molar-refractivity contribution < 1.29 is 5.11 Å². The van der Waals surface area contributed by atoms with Crippen LogP contribution in [0.1, 0.15) is 47.8 Å². The van der Waals surface area contributed by atoms with E-state index in [1.807, 2.05) is 13.8 Å². The largest absolute Gasteiger partial charge is 0.396 e. The predicted octanol–water partition coefficient (Wildman–Crippen LogP) is 5.90. The van der Waals surface area contributed by atoms with E-state index >= 15 is 0 Å². The Labute approximate surface area is 186 Å². The number of aryl methyl sites for hydroxylation is 1. The Morgan fingerprint density at radius 1 is 0.710 bits per heavy atom. The van der Waals surface area contributed by atoms with Crippen molar-refractivity contribution in [2.24, 2.45) is 0 Å².